The van der Waals surface area contributed by atoms with E-state index in [0.29, 0.717) is 5.75 Å². The third kappa shape index (κ3) is 5.56. The molecule has 0 aliphatic carbocycles. The van der Waals surface area contributed by atoms with E-state index in [1.807, 2.05) is 20.8 Å². The summed E-state index contributed by atoms with van der Waals surface area (Å²) >= 11 is 0. The number of alkyl halides is 3. The molecule has 0 fully saturated rings. The summed E-state index contributed by atoms with van der Waals surface area (Å²) in [5.41, 5.74) is 5.20. The zero-order valence-corrected chi connectivity index (χ0v) is 12.3. The second kappa shape index (κ2) is 6.65. The van der Waals surface area contributed by atoms with E-state index in [0.717, 1.165) is 0 Å². The third-order valence-electron chi connectivity index (χ3n) is 2.36. The number of halogens is 4. The first-order valence-electron chi connectivity index (χ1n) is 5.80. The largest absolute Gasteiger partial charge is 0.488 e. The summed E-state index contributed by atoms with van der Waals surface area (Å²) in [5, 5.41) is 9.08. The van der Waals surface area contributed by atoms with Crippen LogP contribution in [0.15, 0.2) is 24.3 Å². The van der Waals surface area contributed by atoms with Crippen LogP contribution in [0, 0.1) is 0 Å². The number of aliphatic hydroxyl groups is 1. The highest BCUT2D eigenvalue weighted by Crippen LogP contribution is 2.29. The molecular weight excluding hydrogens is 295 g/mol. The van der Waals surface area contributed by atoms with Crippen LogP contribution in [0.2, 0.25) is 0 Å². The molecule has 0 spiro atoms. The molecule has 1 rings (SSSR count). The minimum Gasteiger partial charge on any atom is -0.488 e. The number of ether oxygens (including phenoxy) is 1. The Bertz CT molecular complexity index is 415. The molecule has 20 heavy (non-hydrogen) atoms. The van der Waals surface area contributed by atoms with Gasteiger partial charge in [-0.2, -0.15) is 13.2 Å². The van der Waals surface area contributed by atoms with Gasteiger partial charge in [-0.3, -0.25) is 0 Å². The maximum atomic E-state index is 12.3. The maximum absolute atomic E-state index is 12.3. The Morgan fingerprint density at radius 3 is 1.90 bits per heavy atom. The molecule has 7 heteroatoms. The van der Waals surface area contributed by atoms with Crippen LogP contribution in [0.3, 0.4) is 0 Å². The summed E-state index contributed by atoms with van der Waals surface area (Å²) in [4.78, 5) is 0. The Labute approximate surface area is 122 Å². The average molecular weight is 314 g/mol. The van der Waals surface area contributed by atoms with Crippen LogP contribution < -0.4 is 10.5 Å². The maximum Gasteiger partial charge on any atom is 0.416 e. The summed E-state index contributed by atoms with van der Waals surface area (Å²) in [5.74, 6) is 0.532. The molecule has 3 nitrogen and oxygen atoms in total. The van der Waals surface area contributed by atoms with Crippen LogP contribution >= 0.6 is 12.4 Å². The van der Waals surface area contributed by atoms with Crippen molar-refractivity contribution in [3.8, 4) is 5.75 Å². The van der Waals surface area contributed by atoms with Gasteiger partial charge in [0.25, 0.3) is 0 Å². The lowest BCUT2D eigenvalue weighted by atomic mass is 10.0. The van der Waals surface area contributed by atoms with Crippen molar-refractivity contribution in [1.29, 1.82) is 0 Å². The van der Waals surface area contributed by atoms with Crippen molar-refractivity contribution < 1.29 is 23.0 Å². The zero-order valence-electron chi connectivity index (χ0n) is 11.4. The molecule has 0 saturated carbocycles. The number of nitrogens with two attached hydrogens (primary N) is 1. The van der Waals surface area contributed by atoms with Gasteiger partial charge in [0.2, 0.25) is 0 Å². The molecule has 116 valence electrons. The van der Waals surface area contributed by atoms with Gasteiger partial charge in [-0.25, -0.2) is 0 Å². The summed E-state index contributed by atoms with van der Waals surface area (Å²) in [7, 11) is 0. The number of benzene rings is 1. The second-order valence-electron chi connectivity index (χ2n) is 5.30. The summed E-state index contributed by atoms with van der Waals surface area (Å²) in [6.07, 6.45) is -7.32. The quantitative estimate of drug-likeness (QED) is 0.901. The van der Waals surface area contributed by atoms with Gasteiger partial charge >= 0.3 is 6.18 Å². The van der Waals surface area contributed by atoms with E-state index in [4.69, 9.17) is 15.6 Å². The van der Waals surface area contributed by atoms with Gasteiger partial charge in [-0.15, -0.1) is 12.4 Å². The lowest BCUT2D eigenvalue weighted by Gasteiger charge is -2.23. The van der Waals surface area contributed by atoms with Crippen LogP contribution in [0.5, 0.6) is 5.75 Å². The summed E-state index contributed by atoms with van der Waals surface area (Å²) in [6.45, 7) is 5.58. The molecule has 0 amide bonds. The normalized spacial score (nSPS) is 15.2. The first kappa shape index (κ1) is 19.0. The number of rotatable bonds is 3. The smallest absolute Gasteiger partial charge is 0.416 e. The Balaban J connectivity index is 0.00000361. The van der Waals surface area contributed by atoms with E-state index in [1.165, 1.54) is 24.3 Å². The van der Waals surface area contributed by atoms with E-state index in [1.54, 1.807) is 0 Å². The molecular formula is C13H19ClF3NO2. The monoisotopic (exact) mass is 313 g/mol. The Morgan fingerprint density at radius 1 is 1.10 bits per heavy atom. The first-order chi connectivity index (χ1) is 8.50. The minimum atomic E-state index is -4.74. The van der Waals surface area contributed by atoms with Crippen molar-refractivity contribution in [2.24, 2.45) is 5.73 Å². The van der Waals surface area contributed by atoms with E-state index >= 15 is 0 Å². The summed E-state index contributed by atoms with van der Waals surface area (Å²) in [6, 6.07) is 4.39. The highest BCUT2D eigenvalue weighted by molar-refractivity contribution is 5.85. The average Bonchev–Trinajstić information content (AvgIpc) is 2.24. The van der Waals surface area contributed by atoms with E-state index in [9.17, 15) is 13.2 Å². The molecule has 1 aromatic rings. The predicted molar refractivity (Wildman–Crippen MR) is 73.1 cm³/mol. The predicted octanol–water partition coefficient (Wildman–Crippen LogP) is 3.21. The number of hydrogen-bond acceptors (Lipinski definition) is 3. The highest BCUT2D eigenvalue weighted by Gasteiger charge is 2.42. The van der Waals surface area contributed by atoms with E-state index < -0.39 is 23.9 Å². The Kier molecular flexibility index (Phi) is 6.32. The van der Waals surface area contributed by atoms with Crippen molar-refractivity contribution in [3.63, 3.8) is 0 Å². The third-order valence-corrected chi connectivity index (χ3v) is 2.36. The molecule has 0 saturated heterocycles. The van der Waals surface area contributed by atoms with Crippen molar-refractivity contribution in [1.82, 2.24) is 0 Å². The van der Waals surface area contributed by atoms with Crippen LogP contribution in [0.4, 0.5) is 13.2 Å². The van der Waals surface area contributed by atoms with Gasteiger partial charge in [0, 0.05) is 0 Å². The van der Waals surface area contributed by atoms with E-state index in [2.05, 4.69) is 0 Å². The molecule has 0 heterocycles. The van der Waals surface area contributed by atoms with Crippen molar-refractivity contribution in [3.05, 3.63) is 29.8 Å². The molecule has 0 bridgehead atoms. The fraction of sp³-hybridized carbons (Fsp3) is 0.538. The molecule has 3 N–H and O–H groups in total. The Morgan fingerprint density at radius 2 is 1.55 bits per heavy atom. The molecule has 0 radical (unpaired) electrons. The lowest BCUT2D eigenvalue weighted by molar-refractivity contribution is -0.210. The fourth-order valence-corrected chi connectivity index (χ4v) is 1.50. The van der Waals surface area contributed by atoms with Gasteiger partial charge in [-0.1, -0.05) is 12.1 Å². The Hall–Kier alpha value is -0.980. The molecule has 0 unspecified atom stereocenters. The summed E-state index contributed by atoms with van der Waals surface area (Å²) < 4.78 is 42.5. The minimum absolute atomic E-state index is 0. The van der Waals surface area contributed by atoms with E-state index in [-0.39, 0.29) is 18.0 Å². The standard InChI is InChI=1S/C13H18F3NO2.ClH/c1-12(2,3)19-9-6-4-8(5-7-9)10(17)11(18)13(14,15)16;/h4-7,10-11,18H,17H2,1-3H3;1H/t10-,11-;/m1./s1. The van der Waals surface area contributed by atoms with Crippen molar-refractivity contribution in [2.45, 2.75) is 44.7 Å². The van der Waals surface area contributed by atoms with Gasteiger partial charge in [-0.05, 0) is 38.5 Å². The van der Waals surface area contributed by atoms with Gasteiger partial charge in [0.1, 0.15) is 11.4 Å². The van der Waals surface area contributed by atoms with Crippen molar-refractivity contribution >= 4 is 12.4 Å². The van der Waals surface area contributed by atoms with Crippen LogP contribution in [-0.2, 0) is 0 Å². The van der Waals surface area contributed by atoms with Gasteiger partial charge in [0.05, 0.1) is 6.04 Å². The van der Waals surface area contributed by atoms with Crippen molar-refractivity contribution in [2.75, 3.05) is 0 Å². The zero-order chi connectivity index (χ0) is 14.8. The fourth-order valence-electron chi connectivity index (χ4n) is 1.50. The molecule has 0 aliphatic heterocycles. The SMILES string of the molecule is CC(C)(C)Oc1ccc([C@@H](N)[C@@H](O)C(F)(F)F)cc1.Cl. The van der Waals surface area contributed by atoms with Crippen LogP contribution in [0.1, 0.15) is 32.4 Å². The highest BCUT2D eigenvalue weighted by atomic mass is 35.5. The number of hydrogen-bond donors (Lipinski definition) is 2. The van der Waals surface area contributed by atoms with Gasteiger partial charge in [0.15, 0.2) is 6.10 Å². The second-order valence-corrected chi connectivity index (χ2v) is 5.30. The molecule has 0 aliphatic rings. The first-order valence-corrected chi connectivity index (χ1v) is 5.80. The topological polar surface area (TPSA) is 55.5 Å². The van der Waals surface area contributed by atoms with Gasteiger partial charge < -0.3 is 15.6 Å². The van der Waals surface area contributed by atoms with Crippen LogP contribution in [-0.4, -0.2) is 23.0 Å². The number of aliphatic hydroxyl groups excluding tert-OH is 1. The van der Waals surface area contributed by atoms with Crippen LogP contribution in [0.25, 0.3) is 0 Å². The molecule has 2 atom stereocenters. The lowest BCUT2D eigenvalue weighted by Crippen LogP contribution is -2.38. The molecule has 1 aromatic carbocycles. The molecule has 0 aromatic heterocycles.